The van der Waals surface area contributed by atoms with Gasteiger partial charge in [-0.1, -0.05) is 13.8 Å². The van der Waals surface area contributed by atoms with Gasteiger partial charge < -0.3 is 20.9 Å². The number of aliphatic hydroxyl groups excluding tert-OH is 1. The number of aliphatic hydroxyl groups is 1. The highest BCUT2D eigenvalue weighted by molar-refractivity contribution is 9.10. The van der Waals surface area contributed by atoms with Crippen LogP contribution in [0.25, 0.3) is 0 Å². The van der Waals surface area contributed by atoms with Gasteiger partial charge in [-0.3, -0.25) is 0 Å². The predicted molar refractivity (Wildman–Crippen MR) is 91.7 cm³/mol. The first kappa shape index (κ1) is 18.9. The number of benzene rings is 1. The molecule has 0 saturated heterocycles. The zero-order valence-corrected chi connectivity index (χ0v) is 14.8. The smallest absolute Gasteiger partial charge is 0.338 e. The Bertz CT molecular complexity index is 493. The summed E-state index contributed by atoms with van der Waals surface area (Å²) in [6, 6.07) is 3.79. The fourth-order valence-electron chi connectivity index (χ4n) is 1.89. The molecule has 22 heavy (non-hydrogen) atoms. The summed E-state index contributed by atoms with van der Waals surface area (Å²) in [7, 11) is 0. The van der Waals surface area contributed by atoms with Crippen LogP contribution in [0.15, 0.2) is 16.6 Å². The normalized spacial score (nSPS) is 11.0. The summed E-state index contributed by atoms with van der Waals surface area (Å²) in [4.78, 5) is 12.1. The van der Waals surface area contributed by atoms with Crippen molar-refractivity contribution < 1.29 is 14.6 Å². The van der Waals surface area contributed by atoms with E-state index in [0.717, 1.165) is 24.8 Å². The van der Waals surface area contributed by atoms with Crippen molar-refractivity contribution in [1.82, 2.24) is 5.32 Å². The van der Waals surface area contributed by atoms with Crippen molar-refractivity contribution in [3.8, 4) is 0 Å². The van der Waals surface area contributed by atoms with Gasteiger partial charge in [0.2, 0.25) is 0 Å². The minimum absolute atomic E-state index is 0.172. The number of nitrogens with two attached hydrogens (primary N) is 1. The molecule has 0 aliphatic heterocycles. The summed E-state index contributed by atoms with van der Waals surface area (Å²) in [6.45, 7) is 5.23. The van der Waals surface area contributed by atoms with E-state index in [4.69, 9.17) is 15.6 Å². The third-order valence-corrected chi connectivity index (χ3v) is 3.84. The maximum atomic E-state index is 12.1. The van der Waals surface area contributed by atoms with Crippen LogP contribution in [0.2, 0.25) is 0 Å². The molecule has 5 nitrogen and oxygen atoms in total. The van der Waals surface area contributed by atoms with Gasteiger partial charge in [-0.25, -0.2) is 4.79 Å². The zero-order valence-electron chi connectivity index (χ0n) is 13.2. The summed E-state index contributed by atoms with van der Waals surface area (Å²) >= 11 is 3.39. The fraction of sp³-hybridized carbons (Fsp3) is 0.562. The van der Waals surface area contributed by atoms with E-state index in [2.05, 4.69) is 35.1 Å². The molecule has 0 aromatic heterocycles. The van der Waals surface area contributed by atoms with Crippen LogP contribution in [0.3, 0.4) is 0 Å². The van der Waals surface area contributed by atoms with Crippen molar-refractivity contribution >= 4 is 27.6 Å². The molecule has 0 aliphatic carbocycles. The molecule has 4 N–H and O–H groups in total. The molecule has 1 aromatic carbocycles. The number of hydrogen-bond donors (Lipinski definition) is 3. The lowest BCUT2D eigenvalue weighted by molar-refractivity contribution is 0.0496. The zero-order chi connectivity index (χ0) is 16.5. The number of anilines is 1. The van der Waals surface area contributed by atoms with Crippen LogP contribution in [0.1, 0.15) is 49.0 Å². The van der Waals surface area contributed by atoms with E-state index in [1.54, 1.807) is 12.1 Å². The van der Waals surface area contributed by atoms with Gasteiger partial charge in [0.05, 0.1) is 17.9 Å². The number of unbranched alkanes of at least 4 members (excludes halogenated alkanes) is 2. The van der Waals surface area contributed by atoms with Crippen LogP contribution in [0.4, 0.5) is 5.69 Å². The average molecular weight is 373 g/mol. The summed E-state index contributed by atoms with van der Waals surface area (Å²) < 4.78 is 5.94. The highest BCUT2D eigenvalue weighted by Gasteiger charge is 2.13. The largest absolute Gasteiger partial charge is 0.462 e. The Morgan fingerprint density at radius 2 is 2.09 bits per heavy atom. The highest BCUT2D eigenvalue weighted by atomic mass is 79.9. The Kier molecular flexibility index (Phi) is 8.45. The third-order valence-electron chi connectivity index (χ3n) is 3.19. The lowest BCUT2D eigenvalue weighted by Gasteiger charge is -2.13. The molecular weight excluding hydrogens is 348 g/mol. The van der Waals surface area contributed by atoms with Gasteiger partial charge in [0.15, 0.2) is 0 Å². The number of ether oxygens (including phenoxy) is 1. The quantitative estimate of drug-likeness (QED) is 0.352. The van der Waals surface area contributed by atoms with Crippen LogP contribution in [0, 0.1) is 0 Å². The van der Waals surface area contributed by atoms with Crippen molar-refractivity contribution in [3.63, 3.8) is 0 Å². The molecule has 0 atom stereocenters. The van der Waals surface area contributed by atoms with Crippen LogP contribution >= 0.6 is 15.9 Å². The number of rotatable bonds is 9. The number of hydrogen-bond acceptors (Lipinski definition) is 5. The molecule has 0 bridgehead atoms. The van der Waals surface area contributed by atoms with E-state index in [1.165, 1.54) is 0 Å². The second-order valence-electron chi connectivity index (χ2n) is 5.49. The maximum absolute atomic E-state index is 12.1. The van der Waals surface area contributed by atoms with Crippen molar-refractivity contribution in [2.75, 3.05) is 18.9 Å². The first-order chi connectivity index (χ1) is 10.5. The van der Waals surface area contributed by atoms with Crippen LogP contribution in [-0.2, 0) is 11.3 Å². The second-order valence-corrected chi connectivity index (χ2v) is 6.34. The predicted octanol–water partition coefficient (Wildman–Crippen LogP) is 2.85. The monoisotopic (exact) mass is 372 g/mol. The topological polar surface area (TPSA) is 84.6 Å². The minimum atomic E-state index is -0.351. The summed E-state index contributed by atoms with van der Waals surface area (Å²) in [5.74, 6) is -0.351. The van der Waals surface area contributed by atoms with E-state index < -0.39 is 0 Å². The molecule has 124 valence electrons. The molecule has 0 heterocycles. The lowest BCUT2D eigenvalue weighted by atomic mass is 10.1. The fourth-order valence-corrected chi connectivity index (χ4v) is 2.39. The Morgan fingerprint density at radius 1 is 1.36 bits per heavy atom. The van der Waals surface area contributed by atoms with Crippen LogP contribution in [-0.4, -0.2) is 30.3 Å². The summed E-state index contributed by atoms with van der Waals surface area (Å²) in [5.41, 5.74) is 8.02. The van der Waals surface area contributed by atoms with Gasteiger partial charge in [-0.05, 0) is 52.9 Å². The SMILES string of the molecule is CC(C)NCc1cc(C(=O)OCCCCCO)cc(Br)c1N. The van der Waals surface area contributed by atoms with E-state index in [0.29, 0.717) is 34.9 Å². The standard InChI is InChI=1S/C16H25BrN2O3/c1-11(2)19-10-13-8-12(9-14(17)15(13)18)16(21)22-7-5-3-4-6-20/h8-9,11,19-20H,3-7,10,18H2,1-2H3. The molecule has 0 saturated carbocycles. The molecular formula is C16H25BrN2O3. The molecule has 0 aliphatic rings. The maximum Gasteiger partial charge on any atom is 0.338 e. The summed E-state index contributed by atoms with van der Waals surface area (Å²) in [5, 5.41) is 12.0. The van der Waals surface area contributed by atoms with E-state index in [1.807, 2.05) is 0 Å². The molecule has 0 unspecified atom stereocenters. The summed E-state index contributed by atoms with van der Waals surface area (Å²) in [6.07, 6.45) is 2.33. The molecule has 1 rings (SSSR count). The first-order valence-corrected chi connectivity index (χ1v) is 8.34. The van der Waals surface area contributed by atoms with Crippen LogP contribution in [0.5, 0.6) is 0 Å². The molecule has 6 heteroatoms. The van der Waals surface area contributed by atoms with Gasteiger partial charge in [-0.2, -0.15) is 0 Å². The minimum Gasteiger partial charge on any atom is -0.462 e. The molecule has 0 spiro atoms. The Balaban J connectivity index is 2.67. The van der Waals surface area contributed by atoms with Crippen molar-refractivity contribution in [1.29, 1.82) is 0 Å². The van der Waals surface area contributed by atoms with Gasteiger partial charge in [-0.15, -0.1) is 0 Å². The molecule has 1 aromatic rings. The van der Waals surface area contributed by atoms with Crippen LogP contribution < -0.4 is 11.1 Å². The number of carbonyl (C=O) groups excluding carboxylic acids is 1. The van der Waals surface area contributed by atoms with E-state index in [-0.39, 0.29) is 12.6 Å². The average Bonchev–Trinajstić information content (AvgIpc) is 2.48. The number of nitrogen functional groups attached to an aromatic ring is 1. The van der Waals surface area contributed by atoms with E-state index >= 15 is 0 Å². The lowest BCUT2D eigenvalue weighted by Crippen LogP contribution is -2.22. The van der Waals surface area contributed by atoms with Gasteiger partial charge in [0.1, 0.15) is 0 Å². The third kappa shape index (κ3) is 6.34. The van der Waals surface area contributed by atoms with Crippen molar-refractivity contribution in [3.05, 3.63) is 27.7 Å². The Labute approximate surface area is 140 Å². The highest BCUT2D eigenvalue weighted by Crippen LogP contribution is 2.26. The Morgan fingerprint density at radius 3 is 2.73 bits per heavy atom. The first-order valence-electron chi connectivity index (χ1n) is 7.55. The molecule has 0 fully saturated rings. The molecule has 0 amide bonds. The Hall–Kier alpha value is -1.11. The number of esters is 1. The number of halogens is 1. The van der Waals surface area contributed by atoms with Gasteiger partial charge in [0.25, 0.3) is 0 Å². The number of carbonyl (C=O) groups is 1. The number of nitrogens with one attached hydrogen (secondary N) is 1. The second kappa shape index (κ2) is 9.82. The van der Waals surface area contributed by atoms with Gasteiger partial charge in [0, 0.05) is 23.7 Å². The molecule has 0 radical (unpaired) electrons. The van der Waals surface area contributed by atoms with E-state index in [9.17, 15) is 4.79 Å². The van der Waals surface area contributed by atoms with Crippen molar-refractivity contribution in [2.24, 2.45) is 0 Å². The van der Waals surface area contributed by atoms with Crippen molar-refractivity contribution in [2.45, 2.75) is 45.7 Å². The van der Waals surface area contributed by atoms with Gasteiger partial charge >= 0.3 is 5.97 Å².